The van der Waals surface area contributed by atoms with Gasteiger partial charge in [0, 0.05) is 17.3 Å². The van der Waals surface area contributed by atoms with Gasteiger partial charge in [0.15, 0.2) is 0 Å². The average molecular weight is 515 g/mol. The number of piperazine rings is 1. The standard InChI is InChI=1S/C21H12F7N5O3/c22-19(23,20(24,25)21(26,27)28)17(35)31-8-9-5-13(31)15-16(34)33(18(36)32(9)15)14-7-30-12(6-29)10-3-1-2-4-11(10)14/h1-4,7,9,13,15H,5,8H2/t9-,13?,15+/m1/s1. The summed E-state index contributed by atoms with van der Waals surface area (Å²) in [6, 6.07) is 2.98. The highest BCUT2D eigenvalue weighted by Crippen LogP contribution is 2.50. The van der Waals surface area contributed by atoms with Crippen LogP contribution in [0.5, 0.6) is 0 Å². The molecule has 0 radical (unpaired) electrons. The maximum Gasteiger partial charge on any atom is 0.460 e. The number of imide groups is 1. The molecule has 0 aliphatic carbocycles. The zero-order valence-electron chi connectivity index (χ0n) is 17.6. The van der Waals surface area contributed by atoms with Crippen LogP contribution in [0.2, 0.25) is 0 Å². The second-order valence-corrected chi connectivity index (χ2v) is 8.52. The van der Waals surface area contributed by atoms with Gasteiger partial charge in [-0.1, -0.05) is 24.3 Å². The van der Waals surface area contributed by atoms with Crippen molar-refractivity contribution < 1.29 is 45.1 Å². The molecule has 3 atom stereocenters. The number of fused-ring (bicyclic) bond motifs is 6. The highest BCUT2D eigenvalue weighted by atomic mass is 19.4. The lowest BCUT2D eigenvalue weighted by molar-refractivity contribution is -0.346. The third-order valence-corrected chi connectivity index (χ3v) is 6.67. The number of hydrogen-bond acceptors (Lipinski definition) is 5. The molecule has 8 nitrogen and oxygen atoms in total. The number of alkyl halides is 7. The maximum atomic E-state index is 14.1. The molecule has 3 fully saturated rings. The van der Waals surface area contributed by atoms with Crippen molar-refractivity contribution >= 4 is 34.3 Å². The number of nitriles is 1. The number of anilines is 1. The Balaban J connectivity index is 1.50. The summed E-state index contributed by atoms with van der Waals surface area (Å²) in [5.41, 5.74) is -0.0428. The van der Waals surface area contributed by atoms with E-state index < -0.39 is 60.5 Å². The van der Waals surface area contributed by atoms with Crippen molar-refractivity contribution in [3.8, 4) is 6.07 Å². The van der Waals surface area contributed by atoms with Crippen molar-refractivity contribution in [2.75, 3.05) is 11.4 Å². The summed E-state index contributed by atoms with van der Waals surface area (Å²) < 4.78 is 92.8. The summed E-state index contributed by atoms with van der Waals surface area (Å²) in [4.78, 5) is 44.4. The molecular formula is C21H12F7N5O3. The molecule has 15 heteroatoms. The molecule has 4 amide bonds. The van der Waals surface area contributed by atoms with Gasteiger partial charge in [-0.25, -0.2) is 14.7 Å². The van der Waals surface area contributed by atoms with E-state index in [1.807, 2.05) is 6.07 Å². The maximum absolute atomic E-state index is 14.1. The minimum absolute atomic E-state index is 0.00129. The molecule has 0 N–H and O–H groups in total. The Morgan fingerprint density at radius 3 is 2.31 bits per heavy atom. The molecule has 2 bridgehead atoms. The molecule has 0 saturated carbocycles. The van der Waals surface area contributed by atoms with E-state index in [9.17, 15) is 50.4 Å². The number of carbonyl (C=O) groups is 3. The first-order chi connectivity index (χ1) is 16.7. The van der Waals surface area contributed by atoms with Crippen LogP contribution in [0.1, 0.15) is 12.1 Å². The van der Waals surface area contributed by atoms with Gasteiger partial charge in [-0.15, -0.1) is 0 Å². The number of carbonyl (C=O) groups excluding carboxylic acids is 3. The van der Waals surface area contributed by atoms with Crippen molar-refractivity contribution in [3.05, 3.63) is 36.2 Å². The number of halogens is 7. The molecule has 188 valence electrons. The Bertz CT molecular complexity index is 1370. The van der Waals surface area contributed by atoms with Gasteiger partial charge >= 0.3 is 24.1 Å². The van der Waals surface area contributed by atoms with Gasteiger partial charge in [0.25, 0.3) is 11.8 Å². The fourth-order valence-electron chi connectivity index (χ4n) is 5.05. The highest BCUT2D eigenvalue weighted by Gasteiger charge is 2.78. The Kier molecular flexibility index (Phi) is 4.80. The van der Waals surface area contributed by atoms with Crippen LogP contribution in [0.4, 0.5) is 41.2 Å². The predicted molar refractivity (Wildman–Crippen MR) is 105 cm³/mol. The van der Waals surface area contributed by atoms with Crippen molar-refractivity contribution in [2.45, 2.75) is 42.6 Å². The van der Waals surface area contributed by atoms with E-state index in [1.54, 1.807) is 12.1 Å². The highest BCUT2D eigenvalue weighted by molar-refractivity contribution is 6.25. The number of nitrogens with zero attached hydrogens (tertiary/aromatic N) is 5. The minimum atomic E-state index is -6.70. The van der Waals surface area contributed by atoms with E-state index in [-0.39, 0.29) is 28.1 Å². The van der Waals surface area contributed by atoms with Gasteiger partial charge in [0.05, 0.1) is 24.0 Å². The third-order valence-electron chi connectivity index (χ3n) is 6.67. The van der Waals surface area contributed by atoms with Gasteiger partial charge in [0.1, 0.15) is 17.8 Å². The van der Waals surface area contributed by atoms with E-state index in [0.29, 0.717) is 10.3 Å². The Morgan fingerprint density at radius 2 is 1.69 bits per heavy atom. The quantitative estimate of drug-likeness (QED) is 0.463. The lowest BCUT2D eigenvalue weighted by Gasteiger charge is -2.38. The zero-order valence-corrected chi connectivity index (χ0v) is 17.6. The SMILES string of the molecule is N#Cc1ncc(N2C(=O)[C@@H]3C4C[C@H](CN4C(=O)C(F)(F)C(F)(F)C(F)(F)F)N3C2=O)c2ccccc12. The molecular weight excluding hydrogens is 503 g/mol. The summed E-state index contributed by atoms with van der Waals surface area (Å²) >= 11 is 0. The van der Waals surface area contributed by atoms with Gasteiger partial charge in [0.2, 0.25) is 0 Å². The van der Waals surface area contributed by atoms with Gasteiger partial charge in [-0.05, 0) is 6.42 Å². The molecule has 5 rings (SSSR count). The lowest BCUT2D eigenvalue weighted by Crippen LogP contribution is -2.64. The van der Waals surface area contributed by atoms with Crippen molar-refractivity contribution in [1.82, 2.24) is 14.8 Å². The molecule has 1 aromatic heterocycles. The van der Waals surface area contributed by atoms with E-state index in [2.05, 4.69) is 4.98 Å². The number of likely N-dealkylation sites (tertiary alicyclic amines) is 1. The Labute approximate surface area is 196 Å². The van der Waals surface area contributed by atoms with Gasteiger partial charge < -0.3 is 9.80 Å². The van der Waals surface area contributed by atoms with Gasteiger partial charge in [-0.3, -0.25) is 9.59 Å². The molecule has 1 unspecified atom stereocenters. The van der Waals surface area contributed by atoms with E-state index >= 15 is 0 Å². The Hall–Kier alpha value is -3.96. The molecule has 36 heavy (non-hydrogen) atoms. The van der Waals surface area contributed by atoms with E-state index in [1.165, 1.54) is 12.1 Å². The smallest absolute Gasteiger partial charge is 0.330 e. The molecule has 0 spiro atoms. The normalized spacial score (nSPS) is 24.1. The number of amides is 4. The fraction of sp³-hybridized carbons (Fsp3) is 0.381. The van der Waals surface area contributed by atoms with Crippen LogP contribution >= 0.6 is 0 Å². The van der Waals surface area contributed by atoms with E-state index in [0.717, 1.165) is 11.1 Å². The summed E-state index contributed by atoms with van der Waals surface area (Å²) in [5, 5.41) is 9.85. The first kappa shape index (κ1) is 23.8. The topological polar surface area (TPSA) is 97.6 Å². The largest absolute Gasteiger partial charge is 0.460 e. The number of rotatable bonds is 3. The summed E-state index contributed by atoms with van der Waals surface area (Å²) in [6.07, 6.45) is -5.86. The van der Waals surface area contributed by atoms with Crippen LogP contribution in [-0.4, -0.2) is 75.3 Å². The van der Waals surface area contributed by atoms with Crippen LogP contribution in [0.3, 0.4) is 0 Å². The number of urea groups is 1. The molecule has 4 heterocycles. The zero-order chi connectivity index (χ0) is 26.4. The number of benzene rings is 1. The van der Waals surface area contributed by atoms with Crippen LogP contribution in [-0.2, 0) is 9.59 Å². The lowest BCUT2D eigenvalue weighted by atomic mass is 10.0. The van der Waals surface area contributed by atoms with Crippen LogP contribution in [0.25, 0.3) is 10.8 Å². The molecule has 1 aromatic carbocycles. The van der Waals surface area contributed by atoms with Crippen molar-refractivity contribution in [2.24, 2.45) is 0 Å². The van der Waals surface area contributed by atoms with E-state index in [4.69, 9.17) is 0 Å². The minimum Gasteiger partial charge on any atom is -0.330 e. The first-order valence-electron chi connectivity index (χ1n) is 10.3. The number of pyridine rings is 1. The first-order valence-corrected chi connectivity index (χ1v) is 10.3. The number of aromatic nitrogens is 1. The van der Waals surface area contributed by atoms with Crippen molar-refractivity contribution in [1.29, 1.82) is 5.26 Å². The van der Waals surface area contributed by atoms with Crippen LogP contribution < -0.4 is 4.90 Å². The van der Waals surface area contributed by atoms with Crippen LogP contribution in [0.15, 0.2) is 30.5 Å². The van der Waals surface area contributed by atoms with Crippen LogP contribution in [0, 0.1) is 11.3 Å². The van der Waals surface area contributed by atoms with Crippen molar-refractivity contribution in [3.63, 3.8) is 0 Å². The third kappa shape index (κ3) is 2.86. The van der Waals surface area contributed by atoms with Gasteiger partial charge in [-0.2, -0.15) is 36.0 Å². The second kappa shape index (κ2) is 7.28. The number of hydrogen-bond donors (Lipinski definition) is 0. The molecule has 2 aromatic rings. The Morgan fingerprint density at radius 1 is 1.06 bits per heavy atom. The predicted octanol–water partition coefficient (Wildman–Crippen LogP) is 3.06. The fourth-order valence-corrected chi connectivity index (χ4v) is 5.05. The summed E-state index contributed by atoms with van der Waals surface area (Å²) in [7, 11) is 0. The monoisotopic (exact) mass is 515 g/mol. The average Bonchev–Trinajstić information content (AvgIpc) is 3.48. The molecule has 3 saturated heterocycles. The summed E-state index contributed by atoms with van der Waals surface area (Å²) in [6.45, 7) is -0.747. The molecule has 3 aliphatic rings. The second-order valence-electron chi connectivity index (χ2n) is 8.52. The molecule has 3 aliphatic heterocycles. The summed E-state index contributed by atoms with van der Waals surface area (Å²) in [5.74, 6) is -16.5.